The molecule has 2 amide bonds. The number of hydrogen-bond donors (Lipinski definition) is 2. The van der Waals surface area contributed by atoms with Crippen molar-refractivity contribution in [1.29, 1.82) is 0 Å². The predicted molar refractivity (Wildman–Crippen MR) is 138 cm³/mol. The van der Waals surface area contributed by atoms with Gasteiger partial charge >= 0.3 is 0 Å². The first-order valence-corrected chi connectivity index (χ1v) is 12.3. The van der Waals surface area contributed by atoms with E-state index >= 15 is 0 Å². The fraction of sp³-hybridized carbons (Fsp3) is 0.0833. The summed E-state index contributed by atoms with van der Waals surface area (Å²) >= 11 is 8.84. The van der Waals surface area contributed by atoms with Crippen molar-refractivity contribution in [2.24, 2.45) is 5.10 Å². The van der Waals surface area contributed by atoms with E-state index in [0.29, 0.717) is 16.5 Å². The molecule has 7 nitrogen and oxygen atoms in total. The lowest BCUT2D eigenvalue weighted by atomic mass is 10.2. The SMILES string of the molecule is O=C(CSc1nc2ccccc2s1)N/N=C\c1ccc(OCC(=O)Nc2cccc(Cl)c2)cc1. The highest BCUT2D eigenvalue weighted by molar-refractivity contribution is 8.01. The number of halogens is 1. The largest absolute Gasteiger partial charge is 0.484 e. The Hall–Kier alpha value is -3.40. The topological polar surface area (TPSA) is 92.7 Å². The predicted octanol–water partition coefficient (Wildman–Crippen LogP) is 5.21. The van der Waals surface area contributed by atoms with Gasteiger partial charge in [0.05, 0.1) is 22.2 Å². The molecule has 10 heteroatoms. The fourth-order valence-corrected chi connectivity index (χ4v) is 4.86. The van der Waals surface area contributed by atoms with Gasteiger partial charge in [0.25, 0.3) is 11.8 Å². The highest BCUT2D eigenvalue weighted by Gasteiger charge is 2.07. The van der Waals surface area contributed by atoms with Crippen molar-refractivity contribution < 1.29 is 14.3 Å². The van der Waals surface area contributed by atoms with Gasteiger partial charge in [0, 0.05) is 10.7 Å². The fourth-order valence-electron chi connectivity index (χ4n) is 2.81. The second-order valence-corrected chi connectivity index (χ2v) is 9.64. The van der Waals surface area contributed by atoms with Crippen LogP contribution in [-0.2, 0) is 9.59 Å². The Bertz CT molecular complexity index is 1290. The molecule has 4 aromatic rings. The van der Waals surface area contributed by atoms with Crippen LogP contribution >= 0.6 is 34.7 Å². The van der Waals surface area contributed by atoms with Gasteiger partial charge in [0.15, 0.2) is 10.9 Å². The number of thioether (sulfide) groups is 1. The number of carbonyl (C=O) groups excluding carboxylic acids is 2. The molecule has 0 atom stereocenters. The average molecular weight is 511 g/mol. The number of aromatic nitrogens is 1. The van der Waals surface area contributed by atoms with E-state index in [4.69, 9.17) is 16.3 Å². The quantitative estimate of drug-likeness (QED) is 0.183. The number of hydrogen-bond acceptors (Lipinski definition) is 7. The van der Waals surface area contributed by atoms with E-state index in [2.05, 4.69) is 20.8 Å². The molecule has 0 fully saturated rings. The number of benzene rings is 3. The second-order valence-electron chi connectivity index (χ2n) is 6.95. The summed E-state index contributed by atoms with van der Waals surface area (Å²) < 4.78 is 7.44. The molecule has 34 heavy (non-hydrogen) atoms. The Labute approximate surface area is 209 Å². The number of carbonyl (C=O) groups is 2. The zero-order valence-electron chi connectivity index (χ0n) is 17.7. The third-order valence-electron chi connectivity index (χ3n) is 4.36. The minimum Gasteiger partial charge on any atom is -0.484 e. The molecule has 0 radical (unpaired) electrons. The summed E-state index contributed by atoms with van der Waals surface area (Å²) in [6.45, 7) is -0.137. The Morgan fingerprint density at radius 2 is 1.88 bits per heavy atom. The third-order valence-corrected chi connectivity index (χ3v) is 6.78. The third kappa shape index (κ3) is 7.05. The number of thiazole rings is 1. The van der Waals surface area contributed by atoms with Gasteiger partial charge in [-0.3, -0.25) is 9.59 Å². The molecule has 0 aliphatic heterocycles. The molecule has 172 valence electrons. The van der Waals surface area contributed by atoms with Gasteiger partial charge in [0.1, 0.15) is 5.75 Å². The van der Waals surface area contributed by atoms with E-state index in [1.807, 2.05) is 24.3 Å². The molecule has 0 saturated heterocycles. The molecule has 0 aliphatic rings. The summed E-state index contributed by atoms with van der Waals surface area (Å²) in [6, 6.07) is 21.7. The van der Waals surface area contributed by atoms with Crippen LogP contribution in [0.15, 0.2) is 82.2 Å². The van der Waals surface area contributed by atoms with E-state index in [1.54, 1.807) is 59.9 Å². The molecule has 2 N–H and O–H groups in total. The van der Waals surface area contributed by atoms with Crippen LogP contribution in [0.5, 0.6) is 5.75 Å². The monoisotopic (exact) mass is 510 g/mol. The summed E-state index contributed by atoms with van der Waals surface area (Å²) in [4.78, 5) is 28.5. The lowest BCUT2D eigenvalue weighted by Gasteiger charge is -2.08. The standard InChI is InChI=1S/C24H19ClN4O3S2/c25-17-4-3-5-18(12-17)27-22(30)14-32-19-10-8-16(9-11-19)13-26-29-23(31)15-33-24-28-20-6-1-2-7-21(20)34-24/h1-13H,14-15H2,(H,27,30)(H,29,31)/b26-13-. The van der Waals surface area contributed by atoms with E-state index in [1.165, 1.54) is 18.0 Å². The normalized spacial score (nSPS) is 11.0. The number of nitrogens with zero attached hydrogens (tertiary/aromatic N) is 2. The molecule has 3 aromatic carbocycles. The first-order chi connectivity index (χ1) is 16.5. The Morgan fingerprint density at radius 3 is 2.68 bits per heavy atom. The summed E-state index contributed by atoms with van der Waals surface area (Å²) in [6.07, 6.45) is 1.54. The molecule has 1 aromatic heterocycles. The van der Waals surface area contributed by atoms with Gasteiger partial charge in [-0.25, -0.2) is 10.4 Å². The second kappa shape index (κ2) is 11.6. The van der Waals surface area contributed by atoms with Gasteiger partial charge in [-0.05, 0) is 60.2 Å². The highest BCUT2D eigenvalue weighted by Crippen LogP contribution is 2.29. The molecular weight excluding hydrogens is 492 g/mol. The van der Waals surface area contributed by atoms with Crippen molar-refractivity contribution in [2.45, 2.75) is 4.34 Å². The molecule has 0 saturated carbocycles. The molecular formula is C24H19ClN4O3S2. The number of rotatable bonds is 9. The summed E-state index contributed by atoms with van der Waals surface area (Å²) in [5, 5.41) is 7.24. The number of nitrogens with one attached hydrogen (secondary N) is 2. The van der Waals surface area contributed by atoms with Crippen molar-refractivity contribution in [3.8, 4) is 5.75 Å². The smallest absolute Gasteiger partial charge is 0.262 e. The highest BCUT2D eigenvalue weighted by atomic mass is 35.5. The molecule has 0 spiro atoms. The van der Waals surface area contributed by atoms with Crippen molar-refractivity contribution >= 4 is 68.6 Å². The lowest BCUT2D eigenvalue weighted by Crippen LogP contribution is -2.20. The van der Waals surface area contributed by atoms with Gasteiger partial charge in [-0.2, -0.15) is 5.10 Å². The molecule has 0 bridgehead atoms. The minimum absolute atomic E-state index is 0.137. The van der Waals surface area contributed by atoms with E-state index < -0.39 is 0 Å². The average Bonchev–Trinajstić information content (AvgIpc) is 3.25. The van der Waals surface area contributed by atoms with Crippen LogP contribution < -0.4 is 15.5 Å². The van der Waals surface area contributed by atoms with Crippen LogP contribution in [0.25, 0.3) is 10.2 Å². The van der Waals surface area contributed by atoms with Crippen molar-refractivity contribution in [1.82, 2.24) is 10.4 Å². The summed E-state index contributed by atoms with van der Waals surface area (Å²) in [5.74, 6) is 0.251. The van der Waals surface area contributed by atoms with Crippen molar-refractivity contribution in [2.75, 3.05) is 17.7 Å². The van der Waals surface area contributed by atoms with Crippen LogP contribution in [0.1, 0.15) is 5.56 Å². The number of amides is 2. The molecule has 0 aliphatic carbocycles. The maximum absolute atomic E-state index is 12.0. The van der Waals surface area contributed by atoms with Crippen LogP contribution in [0, 0.1) is 0 Å². The molecule has 4 rings (SSSR count). The summed E-state index contributed by atoms with van der Waals surface area (Å²) in [7, 11) is 0. The Balaban J connectivity index is 1.18. The van der Waals surface area contributed by atoms with Crippen LogP contribution in [-0.4, -0.2) is 35.4 Å². The molecule has 1 heterocycles. The van der Waals surface area contributed by atoms with E-state index in [0.717, 1.165) is 20.1 Å². The first-order valence-electron chi connectivity index (χ1n) is 10.1. The van der Waals surface area contributed by atoms with Crippen molar-refractivity contribution in [3.63, 3.8) is 0 Å². The Morgan fingerprint density at radius 1 is 1.06 bits per heavy atom. The van der Waals surface area contributed by atoms with E-state index in [9.17, 15) is 9.59 Å². The number of ether oxygens (including phenoxy) is 1. The van der Waals surface area contributed by atoms with Crippen LogP contribution in [0.2, 0.25) is 5.02 Å². The number of anilines is 1. The zero-order chi connectivity index (χ0) is 23.8. The van der Waals surface area contributed by atoms with Gasteiger partial charge < -0.3 is 10.1 Å². The van der Waals surface area contributed by atoms with Gasteiger partial charge in [-0.15, -0.1) is 11.3 Å². The number of fused-ring (bicyclic) bond motifs is 1. The Kier molecular flexibility index (Phi) is 8.13. The van der Waals surface area contributed by atoms with Crippen molar-refractivity contribution in [3.05, 3.63) is 83.4 Å². The lowest BCUT2D eigenvalue weighted by molar-refractivity contribution is -0.119. The van der Waals surface area contributed by atoms with Gasteiger partial charge in [0.2, 0.25) is 0 Å². The van der Waals surface area contributed by atoms with Crippen LogP contribution in [0.3, 0.4) is 0 Å². The molecule has 0 unspecified atom stereocenters. The minimum atomic E-state index is -0.292. The maximum atomic E-state index is 12.0. The van der Waals surface area contributed by atoms with Crippen LogP contribution in [0.4, 0.5) is 5.69 Å². The maximum Gasteiger partial charge on any atom is 0.262 e. The first kappa shape index (κ1) is 23.7. The number of para-hydroxylation sites is 1. The summed E-state index contributed by atoms with van der Waals surface area (Å²) in [5.41, 5.74) is 4.82. The van der Waals surface area contributed by atoms with E-state index in [-0.39, 0.29) is 24.2 Å². The van der Waals surface area contributed by atoms with Gasteiger partial charge in [-0.1, -0.05) is 41.6 Å². The number of hydrazone groups is 1. The zero-order valence-corrected chi connectivity index (χ0v) is 20.1.